The molecule has 1 fully saturated rings. The molecule has 7 heteroatoms. The summed E-state index contributed by atoms with van der Waals surface area (Å²) in [5.74, 6) is 0. The molecule has 0 unspecified atom stereocenters. The Kier molecular flexibility index (Phi) is 4.90. The van der Waals surface area contributed by atoms with Crippen molar-refractivity contribution in [3.05, 3.63) is 45.2 Å². The molecule has 144 valence electrons. The Bertz CT molecular complexity index is 1020. The van der Waals surface area contributed by atoms with Gasteiger partial charge in [-0.05, 0) is 62.1 Å². The van der Waals surface area contributed by atoms with Gasteiger partial charge >= 0.3 is 0 Å². The molecule has 0 radical (unpaired) electrons. The Morgan fingerprint density at radius 3 is 2.48 bits per heavy atom. The van der Waals surface area contributed by atoms with E-state index in [4.69, 9.17) is 0 Å². The fourth-order valence-electron chi connectivity index (χ4n) is 4.20. The maximum atomic E-state index is 13.2. The summed E-state index contributed by atoms with van der Waals surface area (Å²) in [6.45, 7) is 3.14. The molecule has 0 atom stereocenters. The van der Waals surface area contributed by atoms with E-state index >= 15 is 0 Å². The molecule has 2 aliphatic rings. The van der Waals surface area contributed by atoms with Crippen LogP contribution in [0.4, 0.5) is 0 Å². The monoisotopic (exact) mass is 387 g/mol. The van der Waals surface area contributed by atoms with Crippen molar-refractivity contribution in [3.63, 3.8) is 0 Å². The lowest BCUT2D eigenvalue weighted by atomic mass is 9.89. The van der Waals surface area contributed by atoms with Gasteiger partial charge in [0.05, 0.1) is 10.6 Å². The second kappa shape index (κ2) is 7.20. The van der Waals surface area contributed by atoms with Gasteiger partial charge < -0.3 is 0 Å². The molecule has 27 heavy (non-hydrogen) atoms. The summed E-state index contributed by atoms with van der Waals surface area (Å²) in [6.07, 6.45) is 6.07. The van der Waals surface area contributed by atoms with Crippen LogP contribution in [0.25, 0.3) is 11.3 Å². The van der Waals surface area contributed by atoms with Gasteiger partial charge in [-0.25, -0.2) is 13.5 Å². The smallest absolute Gasteiger partial charge is 0.267 e. The molecule has 1 aromatic heterocycles. The molecule has 0 bridgehead atoms. The predicted molar refractivity (Wildman–Crippen MR) is 104 cm³/mol. The number of aromatic nitrogens is 2. The zero-order valence-electron chi connectivity index (χ0n) is 15.6. The number of hydrogen-bond acceptors (Lipinski definition) is 4. The number of hydrogen-bond donors (Lipinski definition) is 1. The third kappa shape index (κ3) is 3.23. The first-order chi connectivity index (χ1) is 13.0. The lowest BCUT2D eigenvalue weighted by molar-refractivity contribution is 0.476. The van der Waals surface area contributed by atoms with Gasteiger partial charge in [-0.2, -0.15) is 9.40 Å². The quantitative estimate of drug-likeness (QED) is 0.874. The van der Waals surface area contributed by atoms with Gasteiger partial charge in [-0.1, -0.05) is 19.1 Å². The topological polar surface area (TPSA) is 83.1 Å². The first-order valence-corrected chi connectivity index (χ1v) is 11.2. The van der Waals surface area contributed by atoms with E-state index in [0.29, 0.717) is 30.1 Å². The lowest BCUT2D eigenvalue weighted by Crippen LogP contribution is -2.28. The average Bonchev–Trinajstić information content (AvgIpc) is 3.24. The Morgan fingerprint density at radius 1 is 1.07 bits per heavy atom. The lowest BCUT2D eigenvalue weighted by Gasteiger charge is -2.20. The average molecular weight is 388 g/mol. The molecule has 1 aliphatic heterocycles. The van der Waals surface area contributed by atoms with E-state index in [1.54, 1.807) is 10.4 Å². The molecule has 2 aromatic rings. The van der Waals surface area contributed by atoms with E-state index in [0.717, 1.165) is 60.8 Å². The zero-order valence-corrected chi connectivity index (χ0v) is 16.4. The molecule has 1 saturated heterocycles. The number of aromatic amines is 1. The van der Waals surface area contributed by atoms with Crippen molar-refractivity contribution in [2.24, 2.45) is 0 Å². The maximum absolute atomic E-state index is 13.2. The van der Waals surface area contributed by atoms with Gasteiger partial charge in [0.2, 0.25) is 10.0 Å². The first kappa shape index (κ1) is 18.4. The van der Waals surface area contributed by atoms with E-state index in [1.807, 2.05) is 19.1 Å². The van der Waals surface area contributed by atoms with Crippen molar-refractivity contribution < 1.29 is 8.42 Å². The number of rotatable bonds is 4. The summed E-state index contributed by atoms with van der Waals surface area (Å²) in [7, 11) is -3.51. The molecule has 0 saturated carbocycles. The minimum absolute atomic E-state index is 0.122. The minimum Gasteiger partial charge on any atom is -0.268 e. The molecule has 1 aromatic carbocycles. The largest absolute Gasteiger partial charge is 0.268 e. The molecular weight excluding hydrogens is 362 g/mol. The van der Waals surface area contributed by atoms with E-state index < -0.39 is 10.0 Å². The van der Waals surface area contributed by atoms with Crippen LogP contribution in [0.5, 0.6) is 0 Å². The molecule has 0 amide bonds. The number of benzene rings is 1. The number of nitrogens with zero attached hydrogens (tertiary/aromatic N) is 2. The van der Waals surface area contributed by atoms with E-state index in [9.17, 15) is 13.2 Å². The van der Waals surface area contributed by atoms with Crippen LogP contribution in [0.3, 0.4) is 0 Å². The van der Waals surface area contributed by atoms with Gasteiger partial charge in [0, 0.05) is 24.2 Å². The van der Waals surface area contributed by atoms with Gasteiger partial charge in [-0.3, -0.25) is 4.79 Å². The summed E-state index contributed by atoms with van der Waals surface area (Å²) < 4.78 is 28.0. The summed E-state index contributed by atoms with van der Waals surface area (Å²) in [5.41, 5.74) is 3.95. The van der Waals surface area contributed by atoms with Crippen LogP contribution < -0.4 is 5.56 Å². The Balaban J connectivity index is 1.86. The van der Waals surface area contributed by atoms with Crippen molar-refractivity contribution in [3.8, 4) is 11.3 Å². The fourth-order valence-corrected chi connectivity index (χ4v) is 6.04. The minimum atomic E-state index is -3.51. The Labute approximate surface area is 159 Å². The van der Waals surface area contributed by atoms with Crippen molar-refractivity contribution in [1.82, 2.24) is 14.5 Å². The number of nitrogens with one attached hydrogen (secondary N) is 1. The normalized spacial score (nSPS) is 17.8. The Morgan fingerprint density at radius 2 is 1.78 bits per heavy atom. The van der Waals surface area contributed by atoms with Crippen LogP contribution in [0.1, 0.15) is 49.3 Å². The third-order valence-corrected chi connectivity index (χ3v) is 7.68. The van der Waals surface area contributed by atoms with Crippen LogP contribution in [0.15, 0.2) is 27.9 Å². The maximum Gasteiger partial charge on any atom is 0.267 e. The van der Waals surface area contributed by atoms with E-state index in [-0.39, 0.29) is 5.56 Å². The number of H-pyrrole nitrogens is 1. The number of sulfonamides is 1. The Hall–Kier alpha value is -1.99. The predicted octanol–water partition coefficient (Wildman–Crippen LogP) is 2.66. The van der Waals surface area contributed by atoms with E-state index in [1.165, 1.54) is 0 Å². The first-order valence-electron chi connectivity index (χ1n) is 9.76. The molecule has 0 spiro atoms. The van der Waals surface area contributed by atoms with Crippen molar-refractivity contribution in [1.29, 1.82) is 0 Å². The second-order valence-electron chi connectivity index (χ2n) is 7.35. The van der Waals surface area contributed by atoms with Crippen molar-refractivity contribution >= 4 is 10.0 Å². The highest BCUT2D eigenvalue weighted by Crippen LogP contribution is 2.32. The van der Waals surface area contributed by atoms with Crippen LogP contribution in [0, 0.1) is 0 Å². The number of fused-ring (bicyclic) bond motifs is 1. The SMILES string of the molecule is CCc1ccc(-c2n[nH]c(=O)c3c2CCCC3)cc1S(=O)(=O)N1CCCC1. The molecule has 1 aliphatic carbocycles. The second-order valence-corrected chi connectivity index (χ2v) is 9.26. The number of aryl methyl sites for hydroxylation is 1. The summed E-state index contributed by atoms with van der Waals surface area (Å²) >= 11 is 0. The third-order valence-electron chi connectivity index (χ3n) is 5.70. The van der Waals surface area contributed by atoms with Gasteiger partial charge in [-0.15, -0.1) is 0 Å². The molecule has 2 heterocycles. The van der Waals surface area contributed by atoms with Crippen molar-refractivity contribution in [2.45, 2.75) is 56.8 Å². The highest BCUT2D eigenvalue weighted by atomic mass is 32.2. The highest BCUT2D eigenvalue weighted by molar-refractivity contribution is 7.89. The van der Waals surface area contributed by atoms with Gasteiger partial charge in [0.25, 0.3) is 5.56 Å². The van der Waals surface area contributed by atoms with Gasteiger partial charge in [0.15, 0.2) is 0 Å². The summed E-state index contributed by atoms with van der Waals surface area (Å²) in [4.78, 5) is 12.5. The highest BCUT2D eigenvalue weighted by Gasteiger charge is 2.30. The van der Waals surface area contributed by atoms with Gasteiger partial charge in [0.1, 0.15) is 0 Å². The fraction of sp³-hybridized carbons (Fsp3) is 0.500. The van der Waals surface area contributed by atoms with E-state index in [2.05, 4.69) is 10.2 Å². The summed E-state index contributed by atoms with van der Waals surface area (Å²) in [5, 5.41) is 6.90. The van der Waals surface area contributed by atoms with Crippen LogP contribution in [-0.2, 0) is 29.3 Å². The molecule has 6 nitrogen and oxygen atoms in total. The standard InChI is InChI=1S/C20H25N3O3S/c1-2-14-9-10-15(13-18(14)27(25,26)23-11-5-6-12-23)19-16-7-3-4-8-17(16)20(24)22-21-19/h9-10,13H,2-8,11-12H2,1H3,(H,22,24). The molecular formula is C20H25N3O3S. The van der Waals surface area contributed by atoms with Crippen molar-refractivity contribution in [2.75, 3.05) is 13.1 Å². The van der Waals surface area contributed by atoms with Crippen LogP contribution in [0.2, 0.25) is 0 Å². The van der Waals surface area contributed by atoms with Crippen LogP contribution in [-0.4, -0.2) is 36.0 Å². The zero-order chi connectivity index (χ0) is 19.0. The van der Waals surface area contributed by atoms with Crippen LogP contribution >= 0.6 is 0 Å². The molecule has 1 N–H and O–H groups in total. The molecule has 4 rings (SSSR count). The summed E-state index contributed by atoms with van der Waals surface area (Å²) in [6, 6.07) is 5.57.